The average Bonchev–Trinajstić information content (AvgIpc) is 2.24. The first-order valence-electron chi connectivity index (χ1n) is 3.75. The van der Waals surface area contributed by atoms with Crippen LogP contribution in [0.3, 0.4) is 0 Å². The number of hydrogen-bond donors (Lipinski definition) is 2. The first kappa shape index (κ1) is 9.79. The molecule has 0 unspecified atom stereocenters. The first-order valence-corrected chi connectivity index (χ1v) is 3.75. The molecule has 1 rings (SSSR count). The van der Waals surface area contributed by atoms with Crippen LogP contribution in [-0.2, 0) is 9.53 Å². The maximum absolute atomic E-state index is 10.7. The Bertz CT molecular complexity index is 249. The van der Waals surface area contributed by atoms with Gasteiger partial charge in [0.25, 0.3) is 0 Å². The summed E-state index contributed by atoms with van der Waals surface area (Å²) in [6.45, 7) is 2.93. The lowest BCUT2D eigenvalue weighted by molar-refractivity contribution is -0.142. The molecule has 1 amide bonds. The molecule has 1 fully saturated rings. The third-order valence-electron chi connectivity index (χ3n) is 1.98. The van der Waals surface area contributed by atoms with Crippen molar-refractivity contribution in [3.63, 3.8) is 0 Å². The highest BCUT2D eigenvalue weighted by Gasteiger charge is 2.47. The fourth-order valence-corrected chi connectivity index (χ4v) is 1.35. The second-order valence-corrected chi connectivity index (χ2v) is 3.26. The molecular formula is C7H11NO5. The van der Waals surface area contributed by atoms with E-state index in [0.717, 1.165) is 4.90 Å². The van der Waals surface area contributed by atoms with Gasteiger partial charge in [-0.1, -0.05) is 0 Å². The molecule has 1 saturated heterocycles. The van der Waals surface area contributed by atoms with Crippen molar-refractivity contribution in [1.29, 1.82) is 0 Å². The molecule has 0 aromatic carbocycles. The lowest BCUT2D eigenvalue weighted by Crippen LogP contribution is -2.49. The third-order valence-corrected chi connectivity index (χ3v) is 1.98. The average molecular weight is 189 g/mol. The summed E-state index contributed by atoms with van der Waals surface area (Å²) in [6.07, 6.45) is -1.28. The van der Waals surface area contributed by atoms with Crippen LogP contribution in [0.5, 0.6) is 0 Å². The number of carboxylic acid groups (broad SMARTS) is 2. The maximum atomic E-state index is 10.7. The maximum Gasteiger partial charge on any atom is 0.410 e. The van der Waals surface area contributed by atoms with Crippen molar-refractivity contribution in [2.24, 2.45) is 0 Å². The fraction of sp³-hybridized carbons (Fsp3) is 0.714. The molecule has 6 nitrogen and oxygen atoms in total. The van der Waals surface area contributed by atoms with Crippen LogP contribution in [0.15, 0.2) is 0 Å². The van der Waals surface area contributed by atoms with Gasteiger partial charge in [-0.3, -0.25) is 4.90 Å². The molecule has 13 heavy (non-hydrogen) atoms. The Morgan fingerprint density at radius 1 is 1.46 bits per heavy atom. The summed E-state index contributed by atoms with van der Waals surface area (Å²) >= 11 is 0. The molecule has 0 saturated carbocycles. The number of ether oxygens (including phenoxy) is 1. The van der Waals surface area contributed by atoms with E-state index in [1.165, 1.54) is 13.8 Å². The van der Waals surface area contributed by atoms with E-state index in [1.807, 2.05) is 0 Å². The van der Waals surface area contributed by atoms with Crippen LogP contribution in [0.25, 0.3) is 0 Å². The van der Waals surface area contributed by atoms with Gasteiger partial charge >= 0.3 is 12.1 Å². The number of carboxylic acids is 1. The molecule has 1 atom stereocenters. The van der Waals surface area contributed by atoms with E-state index in [9.17, 15) is 9.59 Å². The molecule has 0 aliphatic carbocycles. The highest BCUT2D eigenvalue weighted by atomic mass is 16.5. The van der Waals surface area contributed by atoms with Crippen molar-refractivity contribution >= 4 is 12.1 Å². The number of rotatable bonds is 1. The normalized spacial score (nSPS) is 26.0. The molecule has 1 aliphatic rings. The highest BCUT2D eigenvalue weighted by Crippen LogP contribution is 2.27. The molecular weight excluding hydrogens is 178 g/mol. The molecule has 1 heterocycles. The highest BCUT2D eigenvalue weighted by molar-refractivity contribution is 5.80. The predicted molar refractivity (Wildman–Crippen MR) is 41.3 cm³/mol. The first-order chi connectivity index (χ1) is 5.86. The molecule has 6 heteroatoms. The molecule has 2 N–H and O–H groups in total. The van der Waals surface area contributed by atoms with Crippen LogP contribution < -0.4 is 0 Å². The third kappa shape index (κ3) is 1.57. The number of nitrogens with zero attached hydrogens (tertiary/aromatic N) is 1. The van der Waals surface area contributed by atoms with E-state index >= 15 is 0 Å². The van der Waals surface area contributed by atoms with E-state index in [2.05, 4.69) is 0 Å². The van der Waals surface area contributed by atoms with E-state index in [-0.39, 0.29) is 6.61 Å². The predicted octanol–water partition coefficient (Wildman–Crippen LogP) is 0.186. The van der Waals surface area contributed by atoms with Gasteiger partial charge in [0.2, 0.25) is 0 Å². The number of hydrogen-bond acceptors (Lipinski definition) is 3. The van der Waals surface area contributed by atoms with Crippen molar-refractivity contribution in [2.45, 2.75) is 25.6 Å². The molecule has 0 aromatic rings. The summed E-state index contributed by atoms with van der Waals surface area (Å²) in [5.41, 5.74) is -1.06. The standard InChI is InChI=1S/C7H11NO5/c1-7(2)8(6(11)12)4(3-13-7)5(9)10/h4H,3H2,1-2H3,(H,9,10)(H,11,12)/t4-/m1/s1. The van der Waals surface area contributed by atoms with Gasteiger partial charge in [0, 0.05) is 0 Å². The largest absolute Gasteiger partial charge is 0.480 e. The smallest absolute Gasteiger partial charge is 0.410 e. The summed E-state index contributed by atoms with van der Waals surface area (Å²) in [7, 11) is 0. The van der Waals surface area contributed by atoms with Crippen LogP contribution in [0.1, 0.15) is 13.8 Å². The van der Waals surface area contributed by atoms with Crippen molar-refractivity contribution < 1.29 is 24.5 Å². The molecule has 0 bridgehead atoms. The lowest BCUT2D eigenvalue weighted by Gasteiger charge is -2.29. The quantitative estimate of drug-likeness (QED) is 0.614. The summed E-state index contributed by atoms with van der Waals surface area (Å²) in [6, 6.07) is -1.10. The summed E-state index contributed by atoms with van der Waals surface area (Å²) in [5.74, 6) is -1.19. The van der Waals surface area contributed by atoms with Crippen LogP contribution in [0.2, 0.25) is 0 Å². The SMILES string of the molecule is CC1(C)OC[C@H](C(=O)O)N1C(=O)O. The molecule has 74 valence electrons. The Hall–Kier alpha value is -1.30. The fourth-order valence-electron chi connectivity index (χ4n) is 1.35. The zero-order valence-corrected chi connectivity index (χ0v) is 7.35. The van der Waals surface area contributed by atoms with Crippen molar-refractivity contribution in [2.75, 3.05) is 6.61 Å². The molecule has 0 aromatic heterocycles. The second kappa shape index (κ2) is 2.88. The minimum Gasteiger partial charge on any atom is -0.480 e. The van der Waals surface area contributed by atoms with Gasteiger partial charge in [-0.2, -0.15) is 0 Å². The van der Waals surface area contributed by atoms with Crippen LogP contribution in [-0.4, -0.2) is 45.5 Å². The van der Waals surface area contributed by atoms with E-state index in [1.54, 1.807) is 0 Å². The summed E-state index contributed by atoms with van der Waals surface area (Å²) in [4.78, 5) is 22.1. The van der Waals surface area contributed by atoms with Crippen LogP contribution in [0, 0.1) is 0 Å². The second-order valence-electron chi connectivity index (χ2n) is 3.26. The van der Waals surface area contributed by atoms with Gasteiger partial charge in [-0.25, -0.2) is 9.59 Å². The Morgan fingerprint density at radius 3 is 2.31 bits per heavy atom. The van der Waals surface area contributed by atoms with Crippen LogP contribution >= 0.6 is 0 Å². The van der Waals surface area contributed by atoms with Gasteiger partial charge in [0.05, 0.1) is 6.61 Å². The molecule has 0 spiro atoms. The van der Waals surface area contributed by atoms with Gasteiger partial charge in [0.1, 0.15) is 5.72 Å². The van der Waals surface area contributed by atoms with Crippen molar-refractivity contribution in [3.05, 3.63) is 0 Å². The summed E-state index contributed by atoms with van der Waals surface area (Å²) in [5, 5.41) is 17.4. The van der Waals surface area contributed by atoms with Gasteiger partial charge in [-0.15, -0.1) is 0 Å². The Labute approximate surface area is 74.7 Å². The monoisotopic (exact) mass is 189 g/mol. The van der Waals surface area contributed by atoms with Crippen molar-refractivity contribution in [3.8, 4) is 0 Å². The van der Waals surface area contributed by atoms with E-state index in [0.29, 0.717) is 0 Å². The number of aliphatic carboxylic acids is 1. The topological polar surface area (TPSA) is 87.1 Å². The minimum absolute atomic E-state index is 0.103. The number of carbonyl (C=O) groups is 2. The Balaban J connectivity index is 2.92. The Morgan fingerprint density at radius 2 is 2.00 bits per heavy atom. The van der Waals surface area contributed by atoms with E-state index < -0.39 is 23.8 Å². The van der Waals surface area contributed by atoms with Crippen molar-refractivity contribution in [1.82, 2.24) is 4.90 Å². The van der Waals surface area contributed by atoms with Crippen LogP contribution in [0.4, 0.5) is 4.79 Å². The van der Waals surface area contributed by atoms with Gasteiger partial charge in [0.15, 0.2) is 6.04 Å². The zero-order valence-electron chi connectivity index (χ0n) is 7.35. The van der Waals surface area contributed by atoms with E-state index in [4.69, 9.17) is 14.9 Å². The van der Waals surface area contributed by atoms with Gasteiger partial charge < -0.3 is 14.9 Å². The molecule has 0 radical (unpaired) electrons. The Kier molecular flexibility index (Phi) is 2.17. The summed E-state index contributed by atoms with van der Waals surface area (Å²) < 4.78 is 5.05. The zero-order chi connectivity index (χ0) is 10.2. The lowest BCUT2D eigenvalue weighted by atomic mass is 10.2. The minimum atomic E-state index is -1.28. The van der Waals surface area contributed by atoms with Gasteiger partial charge in [-0.05, 0) is 13.8 Å². The number of amides is 1. The molecule has 1 aliphatic heterocycles.